The van der Waals surface area contributed by atoms with Gasteiger partial charge in [0.1, 0.15) is 6.61 Å². The maximum atomic E-state index is 11.8. The zero-order valence-corrected chi connectivity index (χ0v) is 13.1. The summed E-state index contributed by atoms with van der Waals surface area (Å²) in [7, 11) is 0. The normalized spacial score (nSPS) is 11.7. The van der Waals surface area contributed by atoms with Gasteiger partial charge < -0.3 is 10.1 Å². The second-order valence-electron chi connectivity index (χ2n) is 5.30. The van der Waals surface area contributed by atoms with E-state index < -0.39 is 0 Å². The number of aromatic nitrogens is 1. The van der Waals surface area contributed by atoms with Crippen LogP contribution < -0.4 is 10.1 Å². The lowest BCUT2D eigenvalue weighted by Gasteiger charge is -2.11. The molecule has 1 atom stereocenters. The molecule has 4 heteroatoms. The molecule has 1 heterocycles. The Morgan fingerprint density at radius 2 is 2.00 bits per heavy atom. The van der Waals surface area contributed by atoms with Crippen LogP contribution in [0, 0.1) is 5.92 Å². The lowest BCUT2D eigenvalue weighted by molar-refractivity contribution is -0.124. The van der Waals surface area contributed by atoms with Crippen LogP contribution in [0.5, 0.6) is 5.88 Å². The first-order valence-electron chi connectivity index (χ1n) is 7.58. The summed E-state index contributed by atoms with van der Waals surface area (Å²) in [4.78, 5) is 16.0. The average Bonchev–Trinajstić information content (AvgIpc) is 2.58. The maximum Gasteiger partial charge on any atom is 0.223 e. The molecular weight excluding hydrogens is 276 g/mol. The van der Waals surface area contributed by atoms with E-state index in [2.05, 4.69) is 10.3 Å². The fourth-order valence-corrected chi connectivity index (χ4v) is 1.92. The van der Waals surface area contributed by atoms with E-state index >= 15 is 0 Å². The number of rotatable bonds is 7. The number of pyridine rings is 1. The van der Waals surface area contributed by atoms with Crippen LogP contribution in [0.1, 0.15) is 31.4 Å². The first-order chi connectivity index (χ1) is 10.7. The fraction of sp³-hybridized carbons (Fsp3) is 0.333. The molecule has 0 saturated heterocycles. The van der Waals surface area contributed by atoms with Crippen LogP contribution >= 0.6 is 0 Å². The lowest BCUT2D eigenvalue weighted by Crippen LogP contribution is -2.28. The summed E-state index contributed by atoms with van der Waals surface area (Å²) in [6.07, 6.45) is 2.54. The highest BCUT2D eigenvalue weighted by Crippen LogP contribution is 2.12. The van der Waals surface area contributed by atoms with E-state index in [1.165, 1.54) is 0 Å². The average molecular weight is 298 g/mol. The van der Waals surface area contributed by atoms with Crippen molar-refractivity contribution in [1.82, 2.24) is 10.3 Å². The van der Waals surface area contributed by atoms with Crippen molar-refractivity contribution < 1.29 is 9.53 Å². The quantitative estimate of drug-likeness (QED) is 0.853. The Balaban J connectivity index is 1.88. The van der Waals surface area contributed by atoms with E-state index in [-0.39, 0.29) is 11.8 Å². The summed E-state index contributed by atoms with van der Waals surface area (Å²) >= 11 is 0. The third-order valence-corrected chi connectivity index (χ3v) is 3.56. The molecule has 0 saturated carbocycles. The predicted octanol–water partition coefficient (Wildman–Crippen LogP) is 3.32. The maximum absolute atomic E-state index is 11.8. The Labute approximate surface area is 131 Å². The van der Waals surface area contributed by atoms with Crippen LogP contribution in [-0.2, 0) is 17.9 Å². The number of nitrogens with zero attached hydrogens (tertiary/aromatic N) is 1. The number of amides is 1. The van der Waals surface area contributed by atoms with E-state index in [1.54, 1.807) is 6.20 Å². The van der Waals surface area contributed by atoms with E-state index in [4.69, 9.17) is 4.74 Å². The summed E-state index contributed by atoms with van der Waals surface area (Å²) < 4.78 is 5.68. The van der Waals surface area contributed by atoms with E-state index in [9.17, 15) is 4.79 Å². The molecule has 0 radical (unpaired) electrons. The number of ether oxygens (including phenoxy) is 1. The Morgan fingerprint density at radius 1 is 1.23 bits per heavy atom. The Hall–Kier alpha value is -2.36. The molecular formula is C18H22N2O2. The minimum absolute atomic E-state index is 0.0376. The standard InChI is InChI=1S/C18H22N2O2/c1-3-14(2)18(21)20-12-16-9-10-19-17(11-16)22-13-15-7-5-4-6-8-15/h4-11,14H,3,12-13H2,1-2H3,(H,20,21). The van der Waals surface area contributed by atoms with Crippen LogP contribution in [0.2, 0.25) is 0 Å². The molecule has 1 aromatic heterocycles. The lowest BCUT2D eigenvalue weighted by atomic mass is 10.1. The van der Waals surface area contributed by atoms with Gasteiger partial charge in [-0.05, 0) is 23.6 Å². The summed E-state index contributed by atoms with van der Waals surface area (Å²) in [5.74, 6) is 0.681. The van der Waals surface area contributed by atoms with Crippen molar-refractivity contribution in [2.45, 2.75) is 33.4 Å². The monoisotopic (exact) mass is 298 g/mol. The molecule has 1 amide bonds. The van der Waals surface area contributed by atoms with E-state index in [0.717, 1.165) is 17.5 Å². The molecule has 1 unspecified atom stereocenters. The molecule has 0 aliphatic carbocycles. The van der Waals surface area contributed by atoms with Gasteiger partial charge in [-0.2, -0.15) is 0 Å². The molecule has 0 aliphatic heterocycles. The first-order valence-corrected chi connectivity index (χ1v) is 7.58. The highest BCUT2D eigenvalue weighted by Gasteiger charge is 2.09. The smallest absolute Gasteiger partial charge is 0.223 e. The summed E-state index contributed by atoms with van der Waals surface area (Å²) in [5.41, 5.74) is 2.08. The molecule has 22 heavy (non-hydrogen) atoms. The van der Waals surface area contributed by atoms with Crippen molar-refractivity contribution in [2.75, 3.05) is 0 Å². The van der Waals surface area contributed by atoms with Gasteiger partial charge in [-0.25, -0.2) is 4.98 Å². The molecule has 1 aromatic carbocycles. The topological polar surface area (TPSA) is 51.2 Å². The summed E-state index contributed by atoms with van der Waals surface area (Å²) in [5, 5.41) is 2.93. The largest absolute Gasteiger partial charge is 0.473 e. The summed E-state index contributed by atoms with van der Waals surface area (Å²) in [6, 6.07) is 13.7. The van der Waals surface area contributed by atoms with Crippen LogP contribution in [0.15, 0.2) is 48.7 Å². The van der Waals surface area contributed by atoms with Gasteiger partial charge in [-0.15, -0.1) is 0 Å². The highest BCUT2D eigenvalue weighted by atomic mass is 16.5. The number of benzene rings is 1. The number of hydrogen-bond acceptors (Lipinski definition) is 3. The number of hydrogen-bond donors (Lipinski definition) is 1. The number of carbonyl (C=O) groups is 1. The van der Waals surface area contributed by atoms with Crippen LogP contribution in [0.25, 0.3) is 0 Å². The molecule has 4 nitrogen and oxygen atoms in total. The molecule has 0 spiro atoms. The van der Waals surface area contributed by atoms with Crippen molar-refractivity contribution in [3.63, 3.8) is 0 Å². The van der Waals surface area contributed by atoms with E-state index in [0.29, 0.717) is 19.0 Å². The minimum atomic E-state index is 0.0376. The minimum Gasteiger partial charge on any atom is -0.473 e. The second kappa shape index (κ2) is 8.17. The molecule has 1 N–H and O–H groups in total. The van der Waals surface area contributed by atoms with E-state index in [1.807, 2.05) is 56.3 Å². The first kappa shape index (κ1) is 16.0. The zero-order valence-electron chi connectivity index (χ0n) is 13.1. The highest BCUT2D eigenvalue weighted by molar-refractivity contribution is 5.78. The van der Waals surface area contributed by atoms with Gasteiger partial charge >= 0.3 is 0 Å². The SMILES string of the molecule is CCC(C)C(=O)NCc1ccnc(OCc2ccccc2)c1. The van der Waals surface area contributed by atoms with Crippen LogP contribution in [-0.4, -0.2) is 10.9 Å². The Bertz CT molecular complexity index is 599. The van der Waals surface area contributed by atoms with Crippen molar-refractivity contribution in [2.24, 2.45) is 5.92 Å². The van der Waals surface area contributed by atoms with Crippen molar-refractivity contribution in [1.29, 1.82) is 0 Å². The van der Waals surface area contributed by atoms with Gasteiger partial charge in [0.2, 0.25) is 11.8 Å². The van der Waals surface area contributed by atoms with Crippen molar-refractivity contribution in [3.8, 4) is 5.88 Å². The molecule has 0 bridgehead atoms. The second-order valence-corrected chi connectivity index (χ2v) is 5.30. The van der Waals surface area contributed by atoms with Crippen LogP contribution in [0.4, 0.5) is 0 Å². The van der Waals surface area contributed by atoms with Gasteiger partial charge in [0.05, 0.1) is 0 Å². The van der Waals surface area contributed by atoms with Crippen molar-refractivity contribution in [3.05, 3.63) is 59.8 Å². The molecule has 116 valence electrons. The van der Waals surface area contributed by atoms with Gasteiger partial charge in [0, 0.05) is 24.7 Å². The third-order valence-electron chi connectivity index (χ3n) is 3.56. The van der Waals surface area contributed by atoms with Crippen LogP contribution in [0.3, 0.4) is 0 Å². The van der Waals surface area contributed by atoms with Gasteiger partial charge in [-0.3, -0.25) is 4.79 Å². The summed E-state index contributed by atoms with van der Waals surface area (Å²) in [6.45, 7) is 4.91. The molecule has 2 rings (SSSR count). The van der Waals surface area contributed by atoms with Gasteiger partial charge in [-0.1, -0.05) is 44.2 Å². The third kappa shape index (κ3) is 4.88. The Morgan fingerprint density at radius 3 is 2.73 bits per heavy atom. The molecule has 0 fully saturated rings. The van der Waals surface area contributed by atoms with Gasteiger partial charge in [0.15, 0.2) is 0 Å². The number of carbonyl (C=O) groups excluding carboxylic acids is 1. The van der Waals surface area contributed by atoms with Crippen molar-refractivity contribution >= 4 is 5.91 Å². The van der Waals surface area contributed by atoms with Gasteiger partial charge in [0.25, 0.3) is 0 Å². The fourth-order valence-electron chi connectivity index (χ4n) is 1.92. The Kier molecular flexibility index (Phi) is 5.95. The number of nitrogens with one attached hydrogen (secondary N) is 1. The zero-order chi connectivity index (χ0) is 15.8. The molecule has 0 aliphatic rings. The molecule has 2 aromatic rings. The predicted molar refractivity (Wildman–Crippen MR) is 86.3 cm³/mol.